The molecular weight excluding hydrogens is 276 g/mol. The Morgan fingerprint density at radius 3 is 2.53 bits per heavy atom. The van der Waals surface area contributed by atoms with Crippen LogP contribution in [0.2, 0.25) is 0 Å². The number of methoxy groups -OCH3 is 1. The summed E-state index contributed by atoms with van der Waals surface area (Å²) in [6, 6.07) is 12.6. The van der Waals surface area contributed by atoms with Gasteiger partial charge in [-0.25, -0.2) is 0 Å². The van der Waals surface area contributed by atoms with E-state index in [-0.39, 0.29) is 0 Å². The molecule has 2 rings (SSSR count). The molecule has 0 bridgehead atoms. The van der Waals surface area contributed by atoms with Gasteiger partial charge in [-0.05, 0) is 64.2 Å². The van der Waals surface area contributed by atoms with Crippen LogP contribution >= 0.6 is 15.9 Å². The van der Waals surface area contributed by atoms with E-state index in [1.54, 1.807) is 7.11 Å². The molecule has 0 aliphatic carbocycles. The van der Waals surface area contributed by atoms with Crippen LogP contribution in [-0.2, 0) is 0 Å². The Morgan fingerprint density at radius 1 is 1.06 bits per heavy atom. The minimum atomic E-state index is 0.864. The maximum Gasteiger partial charge on any atom is 0.133 e. The molecule has 0 saturated carbocycles. The lowest BCUT2D eigenvalue weighted by atomic mass is 9.97. The smallest absolute Gasteiger partial charge is 0.133 e. The zero-order chi connectivity index (χ0) is 12.4. The van der Waals surface area contributed by atoms with Gasteiger partial charge in [0.25, 0.3) is 0 Å². The first-order valence-corrected chi connectivity index (χ1v) is 6.33. The summed E-state index contributed by atoms with van der Waals surface area (Å²) < 4.78 is 6.31. The molecule has 17 heavy (non-hydrogen) atoms. The molecule has 0 radical (unpaired) electrons. The minimum Gasteiger partial charge on any atom is -0.496 e. The van der Waals surface area contributed by atoms with Crippen molar-refractivity contribution in [2.75, 3.05) is 7.11 Å². The average Bonchev–Trinajstić information content (AvgIpc) is 2.34. The molecule has 1 nitrogen and oxygen atoms in total. The Hall–Kier alpha value is -1.28. The monoisotopic (exact) mass is 290 g/mol. The molecule has 2 aromatic rings. The van der Waals surface area contributed by atoms with E-state index in [9.17, 15) is 0 Å². The number of rotatable bonds is 2. The summed E-state index contributed by atoms with van der Waals surface area (Å²) in [7, 11) is 1.69. The molecule has 2 heteroatoms. The van der Waals surface area contributed by atoms with Crippen molar-refractivity contribution in [1.29, 1.82) is 0 Å². The van der Waals surface area contributed by atoms with Gasteiger partial charge in [0.05, 0.1) is 11.6 Å². The van der Waals surface area contributed by atoms with Crippen molar-refractivity contribution in [2.24, 2.45) is 0 Å². The SMILES string of the molecule is COc1cc(-c2cccc(C)c2C)ccc1Br. The highest BCUT2D eigenvalue weighted by Gasteiger charge is 2.06. The number of hydrogen-bond donors (Lipinski definition) is 0. The number of aryl methyl sites for hydroxylation is 1. The topological polar surface area (TPSA) is 9.23 Å². The third-order valence-corrected chi connectivity index (χ3v) is 3.72. The zero-order valence-corrected chi connectivity index (χ0v) is 11.8. The van der Waals surface area contributed by atoms with E-state index in [2.05, 4.69) is 60.1 Å². The molecule has 0 aliphatic heterocycles. The van der Waals surface area contributed by atoms with Gasteiger partial charge in [0.1, 0.15) is 5.75 Å². The van der Waals surface area contributed by atoms with Crippen molar-refractivity contribution in [3.8, 4) is 16.9 Å². The molecule has 0 spiro atoms. The molecule has 0 aliphatic rings. The van der Waals surface area contributed by atoms with E-state index in [4.69, 9.17) is 4.74 Å². The van der Waals surface area contributed by atoms with E-state index in [1.807, 2.05) is 6.07 Å². The second kappa shape index (κ2) is 4.92. The Kier molecular flexibility index (Phi) is 3.53. The van der Waals surface area contributed by atoms with Crippen molar-refractivity contribution in [3.05, 3.63) is 52.0 Å². The Morgan fingerprint density at radius 2 is 1.82 bits per heavy atom. The van der Waals surface area contributed by atoms with Crippen LogP contribution in [-0.4, -0.2) is 7.11 Å². The molecule has 88 valence electrons. The molecule has 0 N–H and O–H groups in total. The predicted molar refractivity (Wildman–Crippen MR) is 75.6 cm³/mol. The molecule has 0 heterocycles. The van der Waals surface area contributed by atoms with Gasteiger partial charge in [0.15, 0.2) is 0 Å². The molecule has 0 atom stereocenters. The largest absolute Gasteiger partial charge is 0.496 e. The molecule has 0 saturated heterocycles. The van der Waals surface area contributed by atoms with Gasteiger partial charge in [-0.15, -0.1) is 0 Å². The van der Waals surface area contributed by atoms with Gasteiger partial charge in [0, 0.05) is 0 Å². The van der Waals surface area contributed by atoms with Gasteiger partial charge in [0.2, 0.25) is 0 Å². The highest BCUT2D eigenvalue weighted by atomic mass is 79.9. The van der Waals surface area contributed by atoms with Crippen LogP contribution in [0.5, 0.6) is 5.75 Å². The maximum absolute atomic E-state index is 5.33. The van der Waals surface area contributed by atoms with Crippen molar-refractivity contribution >= 4 is 15.9 Å². The minimum absolute atomic E-state index is 0.864. The fraction of sp³-hybridized carbons (Fsp3) is 0.200. The van der Waals surface area contributed by atoms with Crippen LogP contribution < -0.4 is 4.74 Å². The molecule has 2 aromatic carbocycles. The van der Waals surface area contributed by atoms with Gasteiger partial charge in [-0.3, -0.25) is 0 Å². The quantitative estimate of drug-likeness (QED) is 0.776. The highest BCUT2D eigenvalue weighted by molar-refractivity contribution is 9.10. The first kappa shape index (κ1) is 12.2. The average molecular weight is 291 g/mol. The fourth-order valence-electron chi connectivity index (χ4n) is 1.89. The third kappa shape index (κ3) is 2.37. The van der Waals surface area contributed by atoms with Gasteiger partial charge >= 0.3 is 0 Å². The van der Waals surface area contributed by atoms with E-state index in [0.717, 1.165) is 10.2 Å². The maximum atomic E-state index is 5.33. The van der Waals surface area contributed by atoms with Crippen LogP contribution in [0.25, 0.3) is 11.1 Å². The summed E-state index contributed by atoms with van der Waals surface area (Å²) in [6.45, 7) is 4.29. The van der Waals surface area contributed by atoms with E-state index in [0.29, 0.717) is 0 Å². The van der Waals surface area contributed by atoms with Crippen molar-refractivity contribution in [3.63, 3.8) is 0 Å². The summed E-state index contributed by atoms with van der Waals surface area (Å²) in [5.41, 5.74) is 5.07. The summed E-state index contributed by atoms with van der Waals surface area (Å²) in [6.07, 6.45) is 0. The highest BCUT2D eigenvalue weighted by Crippen LogP contribution is 2.32. The summed E-state index contributed by atoms with van der Waals surface area (Å²) in [4.78, 5) is 0. The normalized spacial score (nSPS) is 10.4. The van der Waals surface area contributed by atoms with Crippen molar-refractivity contribution < 1.29 is 4.74 Å². The van der Waals surface area contributed by atoms with E-state index < -0.39 is 0 Å². The molecular formula is C15H15BrO. The zero-order valence-electron chi connectivity index (χ0n) is 10.3. The summed E-state index contributed by atoms with van der Waals surface area (Å²) in [5.74, 6) is 0.864. The first-order valence-electron chi connectivity index (χ1n) is 5.53. The Bertz CT molecular complexity index is 547. The first-order chi connectivity index (χ1) is 8.13. The molecule has 0 aromatic heterocycles. The van der Waals surface area contributed by atoms with Crippen LogP contribution in [0.15, 0.2) is 40.9 Å². The van der Waals surface area contributed by atoms with Crippen LogP contribution in [0.3, 0.4) is 0 Å². The van der Waals surface area contributed by atoms with Gasteiger partial charge < -0.3 is 4.74 Å². The predicted octanol–water partition coefficient (Wildman–Crippen LogP) is 4.74. The Balaban J connectivity index is 2.57. The second-order valence-electron chi connectivity index (χ2n) is 4.10. The van der Waals surface area contributed by atoms with Gasteiger partial charge in [-0.2, -0.15) is 0 Å². The number of hydrogen-bond acceptors (Lipinski definition) is 1. The standard InChI is InChI=1S/C15H15BrO/c1-10-5-4-6-13(11(10)2)12-7-8-14(16)15(9-12)17-3/h4-9H,1-3H3. The lowest BCUT2D eigenvalue weighted by molar-refractivity contribution is 0.412. The van der Waals surface area contributed by atoms with Crippen LogP contribution in [0, 0.1) is 13.8 Å². The summed E-state index contributed by atoms with van der Waals surface area (Å²) >= 11 is 3.47. The molecule has 0 fully saturated rings. The lowest BCUT2D eigenvalue weighted by Gasteiger charge is -2.11. The molecule has 0 amide bonds. The number of ether oxygens (including phenoxy) is 1. The van der Waals surface area contributed by atoms with E-state index >= 15 is 0 Å². The number of halogens is 1. The fourth-order valence-corrected chi connectivity index (χ4v) is 2.30. The third-order valence-electron chi connectivity index (χ3n) is 3.07. The van der Waals surface area contributed by atoms with Gasteiger partial charge in [-0.1, -0.05) is 24.3 Å². The van der Waals surface area contributed by atoms with E-state index in [1.165, 1.54) is 22.3 Å². The lowest BCUT2D eigenvalue weighted by Crippen LogP contribution is -1.89. The van der Waals surface area contributed by atoms with Crippen molar-refractivity contribution in [1.82, 2.24) is 0 Å². The second-order valence-corrected chi connectivity index (χ2v) is 4.95. The van der Waals surface area contributed by atoms with Crippen molar-refractivity contribution in [2.45, 2.75) is 13.8 Å². The number of benzene rings is 2. The summed E-state index contributed by atoms with van der Waals surface area (Å²) in [5, 5.41) is 0. The Labute approximate surface area is 111 Å². The molecule has 0 unspecified atom stereocenters. The van der Waals surface area contributed by atoms with Crippen LogP contribution in [0.1, 0.15) is 11.1 Å². The van der Waals surface area contributed by atoms with Crippen LogP contribution in [0.4, 0.5) is 0 Å².